The average Bonchev–Trinajstić information content (AvgIpc) is 2.29. The van der Waals surface area contributed by atoms with Crippen LogP contribution in [0.3, 0.4) is 0 Å². The van der Waals surface area contributed by atoms with Crippen LogP contribution in [-0.4, -0.2) is 21.3 Å². The lowest BCUT2D eigenvalue weighted by atomic mass is 10.1. The van der Waals surface area contributed by atoms with Gasteiger partial charge >= 0.3 is 5.97 Å². The largest absolute Gasteiger partial charge is 0.480 e. The Hall–Kier alpha value is -1.55. The number of para-hydroxylation sites is 1. The molecular formula is C12H11NO2S. The maximum atomic E-state index is 10.7. The number of fused-ring (bicyclic) bond motifs is 1. The molecule has 1 heterocycles. The van der Waals surface area contributed by atoms with Gasteiger partial charge < -0.3 is 5.11 Å². The summed E-state index contributed by atoms with van der Waals surface area (Å²) in [5.41, 5.74) is 1.77. The summed E-state index contributed by atoms with van der Waals surface area (Å²) >= 11 is 4.03. The number of benzene rings is 1. The van der Waals surface area contributed by atoms with Crippen molar-refractivity contribution in [2.45, 2.75) is 11.7 Å². The van der Waals surface area contributed by atoms with E-state index in [1.165, 1.54) is 0 Å². The third-order valence-electron chi connectivity index (χ3n) is 2.41. The Morgan fingerprint density at radius 3 is 2.88 bits per heavy atom. The van der Waals surface area contributed by atoms with Crippen LogP contribution >= 0.6 is 12.6 Å². The molecule has 2 aromatic rings. The summed E-state index contributed by atoms with van der Waals surface area (Å²) in [5, 5.41) is 9.15. The fourth-order valence-electron chi connectivity index (χ4n) is 1.63. The molecule has 0 spiro atoms. The van der Waals surface area contributed by atoms with Gasteiger partial charge in [-0.15, -0.1) is 0 Å². The Balaban J connectivity index is 2.41. The fourth-order valence-corrected chi connectivity index (χ4v) is 1.82. The molecular weight excluding hydrogens is 222 g/mol. The lowest BCUT2D eigenvalue weighted by molar-refractivity contribution is -0.136. The van der Waals surface area contributed by atoms with Crippen LogP contribution in [-0.2, 0) is 11.2 Å². The van der Waals surface area contributed by atoms with Crippen molar-refractivity contribution in [1.82, 2.24) is 4.98 Å². The number of carbonyl (C=O) groups is 1. The summed E-state index contributed by atoms with van der Waals surface area (Å²) < 4.78 is 0. The van der Waals surface area contributed by atoms with Crippen LogP contribution in [0.15, 0.2) is 36.5 Å². The van der Waals surface area contributed by atoms with Gasteiger partial charge in [-0.25, -0.2) is 0 Å². The monoisotopic (exact) mass is 233 g/mol. The van der Waals surface area contributed by atoms with Crippen LogP contribution in [0.4, 0.5) is 0 Å². The second-order valence-electron chi connectivity index (χ2n) is 3.55. The van der Waals surface area contributed by atoms with Gasteiger partial charge in [-0.05, 0) is 18.1 Å². The Morgan fingerprint density at radius 2 is 2.12 bits per heavy atom. The first kappa shape index (κ1) is 11.0. The van der Waals surface area contributed by atoms with Gasteiger partial charge in [-0.1, -0.05) is 24.3 Å². The predicted molar refractivity (Wildman–Crippen MR) is 65.9 cm³/mol. The summed E-state index contributed by atoms with van der Waals surface area (Å²) in [5.74, 6) is -0.906. The lowest BCUT2D eigenvalue weighted by Gasteiger charge is -2.07. The van der Waals surface area contributed by atoms with Crippen LogP contribution in [0.2, 0.25) is 0 Å². The fraction of sp³-hybridized carbons (Fsp3) is 0.167. The number of aromatic nitrogens is 1. The van der Waals surface area contributed by atoms with E-state index in [1.54, 1.807) is 6.20 Å². The highest BCUT2D eigenvalue weighted by molar-refractivity contribution is 7.81. The van der Waals surface area contributed by atoms with Gasteiger partial charge in [0.05, 0.1) is 5.52 Å². The number of pyridine rings is 1. The van der Waals surface area contributed by atoms with Gasteiger partial charge in [-0.3, -0.25) is 9.78 Å². The van der Waals surface area contributed by atoms with Crippen molar-refractivity contribution in [3.8, 4) is 0 Å². The van der Waals surface area contributed by atoms with Crippen molar-refractivity contribution < 1.29 is 9.90 Å². The molecule has 0 aliphatic rings. The quantitative estimate of drug-likeness (QED) is 0.799. The molecule has 1 N–H and O–H groups in total. The average molecular weight is 233 g/mol. The molecule has 0 bridgehead atoms. The van der Waals surface area contributed by atoms with E-state index < -0.39 is 11.2 Å². The highest BCUT2D eigenvalue weighted by atomic mass is 32.1. The van der Waals surface area contributed by atoms with Gasteiger partial charge in [0, 0.05) is 11.6 Å². The molecule has 3 nitrogen and oxygen atoms in total. The van der Waals surface area contributed by atoms with Crippen molar-refractivity contribution in [2.75, 3.05) is 0 Å². The Labute approximate surface area is 98.5 Å². The van der Waals surface area contributed by atoms with Gasteiger partial charge in [0.1, 0.15) is 5.25 Å². The van der Waals surface area contributed by atoms with Gasteiger partial charge in [0.2, 0.25) is 0 Å². The molecule has 1 unspecified atom stereocenters. The first-order valence-corrected chi connectivity index (χ1v) is 5.43. The van der Waals surface area contributed by atoms with E-state index in [-0.39, 0.29) is 0 Å². The molecule has 1 aromatic heterocycles. The normalized spacial score (nSPS) is 12.6. The van der Waals surface area contributed by atoms with Crippen LogP contribution in [0.5, 0.6) is 0 Å². The molecule has 4 heteroatoms. The molecule has 82 valence electrons. The van der Waals surface area contributed by atoms with Gasteiger partial charge in [0.15, 0.2) is 0 Å². The molecule has 0 aliphatic heterocycles. The summed E-state index contributed by atoms with van der Waals surface area (Å²) in [6.07, 6.45) is 2.09. The number of carboxylic acid groups (broad SMARTS) is 1. The molecule has 0 amide bonds. The minimum atomic E-state index is -0.906. The molecule has 0 aliphatic carbocycles. The van der Waals surface area contributed by atoms with E-state index in [4.69, 9.17) is 5.11 Å². The summed E-state index contributed by atoms with van der Waals surface area (Å²) in [7, 11) is 0. The lowest BCUT2D eigenvalue weighted by Crippen LogP contribution is -2.16. The van der Waals surface area contributed by atoms with E-state index in [9.17, 15) is 4.79 Å². The van der Waals surface area contributed by atoms with E-state index >= 15 is 0 Å². The van der Waals surface area contributed by atoms with Gasteiger partial charge in [0.25, 0.3) is 0 Å². The number of aliphatic carboxylic acids is 1. The van der Waals surface area contributed by atoms with E-state index in [0.717, 1.165) is 16.5 Å². The van der Waals surface area contributed by atoms with Crippen LogP contribution in [0.25, 0.3) is 10.9 Å². The molecule has 2 rings (SSSR count). The van der Waals surface area contributed by atoms with Crippen molar-refractivity contribution >= 4 is 29.5 Å². The predicted octanol–water partition coefficient (Wildman–Crippen LogP) is 2.16. The Bertz CT molecular complexity index is 522. The molecule has 1 aromatic carbocycles. The zero-order valence-corrected chi connectivity index (χ0v) is 9.39. The van der Waals surface area contributed by atoms with E-state index in [1.807, 2.05) is 30.3 Å². The second-order valence-corrected chi connectivity index (χ2v) is 4.17. The van der Waals surface area contributed by atoms with Crippen molar-refractivity contribution in [3.63, 3.8) is 0 Å². The number of rotatable bonds is 3. The molecule has 0 fully saturated rings. The third kappa shape index (κ3) is 2.17. The van der Waals surface area contributed by atoms with Crippen molar-refractivity contribution in [1.29, 1.82) is 0 Å². The first-order valence-electron chi connectivity index (χ1n) is 4.92. The van der Waals surface area contributed by atoms with Crippen molar-refractivity contribution in [2.24, 2.45) is 0 Å². The maximum absolute atomic E-state index is 10.7. The van der Waals surface area contributed by atoms with E-state index in [0.29, 0.717) is 6.42 Å². The molecule has 0 saturated carbocycles. The minimum absolute atomic E-state index is 0.382. The van der Waals surface area contributed by atoms with Gasteiger partial charge in [-0.2, -0.15) is 12.6 Å². The molecule has 1 atom stereocenters. The zero-order valence-electron chi connectivity index (χ0n) is 8.50. The third-order valence-corrected chi connectivity index (χ3v) is 2.82. The maximum Gasteiger partial charge on any atom is 0.316 e. The van der Waals surface area contributed by atoms with Crippen LogP contribution < -0.4 is 0 Å². The zero-order chi connectivity index (χ0) is 11.5. The summed E-state index contributed by atoms with van der Waals surface area (Å²) in [6.45, 7) is 0. The number of hydrogen-bond donors (Lipinski definition) is 2. The second kappa shape index (κ2) is 4.53. The summed E-state index contributed by atoms with van der Waals surface area (Å²) in [4.78, 5) is 15.0. The molecule has 16 heavy (non-hydrogen) atoms. The standard InChI is InChI=1S/C12H11NO2S/c14-12(15)10(16)7-9-4-1-3-8-5-2-6-13-11(8)9/h1-6,10,16H,7H2,(H,14,15). The number of hydrogen-bond acceptors (Lipinski definition) is 3. The SMILES string of the molecule is O=C(O)C(S)Cc1cccc2cccnc12. The first-order chi connectivity index (χ1) is 7.68. The smallest absolute Gasteiger partial charge is 0.316 e. The molecule has 0 saturated heterocycles. The Morgan fingerprint density at radius 1 is 1.38 bits per heavy atom. The summed E-state index contributed by atoms with van der Waals surface area (Å²) in [6, 6.07) is 9.57. The van der Waals surface area contributed by atoms with E-state index in [2.05, 4.69) is 17.6 Å². The number of carboxylic acids is 1. The topological polar surface area (TPSA) is 50.2 Å². The number of thiol groups is 1. The highest BCUT2D eigenvalue weighted by Gasteiger charge is 2.14. The number of nitrogens with zero attached hydrogens (tertiary/aromatic N) is 1. The van der Waals surface area contributed by atoms with Crippen LogP contribution in [0, 0.1) is 0 Å². The minimum Gasteiger partial charge on any atom is -0.480 e. The highest BCUT2D eigenvalue weighted by Crippen LogP contribution is 2.18. The molecule has 0 radical (unpaired) electrons. The Kier molecular flexibility index (Phi) is 3.10. The van der Waals surface area contributed by atoms with Crippen LogP contribution in [0.1, 0.15) is 5.56 Å². The van der Waals surface area contributed by atoms with Crippen molar-refractivity contribution in [3.05, 3.63) is 42.1 Å².